The summed E-state index contributed by atoms with van der Waals surface area (Å²) in [6.45, 7) is 14.3. The van der Waals surface area contributed by atoms with E-state index in [0.717, 1.165) is 25.7 Å². The highest BCUT2D eigenvalue weighted by atomic mass is 16.5. The average Bonchev–Trinajstić information content (AvgIpc) is 2.37. The van der Waals surface area contributed by atoms with Crippen LogP contribution in [0.5, 0.6) is 0 Å². The second kappa shape index (κ2) is 9.73. The molecule has 0 aromatic rings. The maximum absolute atomic E-state index is 5.75. The molecule has 0 spiro atoms. The first kappa shape index (κ1) is 16.9. The summed E-state index contributed by atoms with van der Waals surface area (Å²) in [6.07, 6.45) is 5.23. The van der Waals surface area contributed by atoms with Crippen LogP contribution >= 0.6 is 0 Å². The van der Waals surface area contributed by atoms with E-state index in [1.165, 1.54) is 38.8 Å². The van der Waals surface area contributed by atoms with Crippen molar-refractivity contribution in [2.24, 2.45) is 5.92 Å². The highest BCUT2D eigenvalue weighted by Crippen LogP contribution is 2.10. The minimum Gasteiger partial charge on any atom is -0.380 e. The summed E-state index contributed by atoms with van der Waals surface area (Å²) in [4.78, 5) is 2.55. The molecule has 1 unspecified atom stereocenters. The number of hydrogen-bond donors (Lipinski definition) is 1. The van der Waals surface area contributed by atoms with Crippen LogP contribution in [-0.4, -0.2) is 49.8 Å². The van der Waals surface area contributed by atoms with E-state index in [9.17, 15) is 0 Å². The van der Waals surface area contributed by atoms with Crippen LogP contribution in [0, 0.1) is 5.92 Å². The van der Waals surface area contributed by atoms with Crippen molar-refractivity contribution < 1.29 is 4.74 Å². The average molecular weight is 270 g/mol. The Morgan fingerprint density at radius 2 is 1.95 bits per heavy atom. The van der Waals surface area contributed by atoms with Crippen molar-refractivity contribution >= 4 is 0 Å². The van der Waals surface area contributed by atoms with E-state index in [0.29, 0.717) is 12.1 Å². The SMILES string of the molecule is CC(C)CCOCCN(CC1CCCCN1)C(C)C. The fourth-order valence-corrected chi connectivity index (χ4v) is 2.53. The lowest BCUT2D eigenvalue weighted by molar-refractivity contribution is 0.0802. The standard InChI is InChI=1S/C16H34N2O/c1-14(2)8-11-19-12-10-18(15(3)4)13-16-7-5-6-9-17-16/h14-17H,5-13H2,1-4H3. The van der Waals surface area contributed by atoms with Gasteiger partial charge in [-0.15, -0.1) is 0 Å². The second-order valence-corrected chi connectivity index (χ2v) is 6.53. The predicted molar refractivity (Wildman–Crippen MR) is 82.6 cm³/mol. The molecule has 1 aliphatic rings. The molecule has 114 valence electrons. The van der Waals surface area contributed by atoms with Crippen LogP contribution in [0.3, 0.4) is 0 Å². The summed E-state index contributed by atoms with van der Waals surface area (Å²) in [5.41, 5.74) is 0. The molecular weight excluding hydrogens is 236 g/mol. The molecule has 1 aliphatic heterocycles. The lowest BCUT2D eigenvalue weighted by atomic mass is 10.0. The van der Waals surface area contributed by atoms with Crippen molar-refractivity contribution in [3.05, 3.63) is 0 Å². The fraction of sp³-hybridized carbons (Fsp3) is 1.00. The summed E-state index contributed by atoms with van der Waals surface area (Å²) in [6, 6.07) is 1.30. The van der Waals surface area contributed by atoms with Gasteiger partial charge in [0.2, 0.25) is 0 Å². The Bertz CT molecular complexity index is 213. The van der Waals surface area contributed by atoms with Crippen LogP contribution in [0.2, 0.25) is 0 Å². The molecule has 1 saturated heterocycles. The fourth-order valence-electron chi connectivity index (χ4n) is 2.53. The molecule has 1 rings (SSSR count). The van der Waals surface area contributed by atoms with Gasteiger partial charge in [0.1, 0.15) is 0 Å². The predicted octanol–water partition coefficient (Wildman–Crippen LogP) is 2.90. The number of rotatable bonds is 9. The van der Waals surface area contributed by atoms with Gasteiger partial charge in [-0.1, -0.05) is 20.3 Å². The summed E-state index contributed by atoms with van der Waals surface area (Å²) in [5, 5.41) is 3.64. The molecule has 1 N–H and O–H groups in total. The lowest BCUT2D eigenvalue weighted by Gasteiger charge is -2.33. The first-order valence-corrected chi connectivity index (χ1v) is 8.14. The third-order valence-electron chi connectivity index (χ3n) is 3.96. The molecule has 1 heterocycles. The molecule has 1 atom stereocenters. The molecule has 1 fully saturated rings. The maximum Gasteiger partial charge on any atom is 0.0593 e. The van der Waals surface area contributed by atoms with Crippen molar-refractivity contribution in [1.82, 2.24) is 10.2 Å². The number of nitrogens with zero attached hydrogens (tertiary/aromatic N) is 1. The van der Waals surface area contributed by atoms with E-state index in [1.54, 1.807) is 0 Å². The van der Waals surface area contributed by atoms with Gasteiger partial charge in [0, 0.05) is 31.8 Å². The highest BCUT2D eigenvalue weighted by Gasteiger charge is 2.18. The molecule has 0 aliphatic carbocycles. The van der Waals surface area contributed by atoms with E-state index >= 15 is 0 Å². The molecule has 0 aromatic carbocycles. The molecular formula is C16H34N2O. The molecule has 3 nitrogen and oxygen atoms in total. The minimum atomic E-state index is 0.609. The summed E-state index contributed by atoms with van der Waals surface area (Å²) in [5.74, 6) is 0.743. The zero-order chi connectivity index (χ0) is 14.1. The largest absolute Gasteiger partial charge is 0.380 e. The van der Waals surface area contributed by atoms with Crippen LogP contribution in [0.25, 0.3) is 0 Å². The molecule has 0 bridgehead atoms. The van der Waals surface area contributed by atoms with E-state index in [2.05, 4.69) is 37.9 Å². The second-order valence-electron chi connectivity index (χ2n) is 6.53. The van der Waals surface area contributed by atoms with Crippen LogP contribution in [-0.2, 0) is 4.74 Å². The molecule has 3 heteroatoms. The van der Waals surface area contributed by atoms with Crippen LogP contribution in [0.1, 0.15) is 53.4 Å². The first-order valence-electron chi connectivity index (χ1n) is 8.14. The Morgan fingerprint density at radius 3 is 2.53 bits per heavy atom. The van der Waals surface area contributed by atoms with Gasteiger partial charge in [0.15, 0.2) is 0 Å². The van der Waals surface area contributed by atoms with Crippen molar-refractivity contribution in [1.29, 1.82) is 0 Å². The molecule has 0 saturated carbocycles. The summed E-state index contributed by atoms with van der Waals surface area (Å²) in [7, 11) is 0. The van der Waals surface area contributed by atoms with Gasteiger partial charge in [-0.25, -0.2) is 0 Å². The summed E-state index contributed by atoms with van der Waals surface area (Å²) < 4.78 is 5.75. The van der Waals surface area contributed by atoms with Crippen molar-refractivity contribution in [3.63, 3.8) is 0 Å². The van der Waals surface area contributed by atoms with Crippen molar-refractivity contribution in [3.8, 4) is 0 Å². The molecule has 0 radical (unpaired) electrons. The molecule has 0 aromatic heterocycles. The van der Waals surface area contributed by atoms with Crippen LogP contribution < -0.4 is 5.32 Å². The molecule has 0 amide bonds. The molecule has 19 heavy (non-hydrogen) atoms. The van der Waals surface area contributed by atoms with Crippen molar-refractivity contribution in [2.45, 2.75) is 65.5 Å². The topological polar surface area (TPSA) is 24.5 Å². The smallest absolute Gasteiger partial charge is 0.0593 e. The van der Waals surface area contributed by atoms with Gasteiger partial charge in [-0.2, -0.15) is 0 Å². The number of hydrogen-bond acceptors (Lipinski definition) is 3. The monoisotopic (exact) mass is 270 g/mol. The highest BCUT2D eigenvalue weighted by molar-refractivity contribution is 4.77. The van der Waals surface area contributed by atoms with Gasteiger partial charge >= 0.3 is 0 Å². The van der Waals surface area contributed by atoms with Gasteiger partial charge in [0.25, 0.3) is 0 Å². The number of piperidine rings is 1. The Hall–Kier alpha value is -0.120. The van der Waals surface area contributed by atoms with Gasteiger partial charge in [-0.05, 0) is 45.6 Å². The minimum absolute atomic E-state index is 0.609. The third kappa shape index (κ3) is 7.91. The van der Waals surface area contributed by atoms with Gasteiger partial charge < -0.3 is 10.1 Å². The van der Waals surface area contributed by atoms with Gasteiger partial charge in [0.05, 0.1) is 6.61 Å². The number of ether oxygens (including phenoxy) is 1. The van der Waals surface area contributed by atoms with E-state index in [-0.39, 0.29) is 0 Å². The quantitative estimate of drug-likeness (QED) is 0.652. The van der Waals surface area contributed by atoms with Crippen molar-refractivity contribution in [2.75, 3.05) is 32.8 Å². The zero-order valence-electron chi connectivity index (χ0n) is 13.5. The van der Waals surface area contributed by atoms with Crippen LogP contribution in [0.15, 0.2) is 0 Å². The normalized spacial score (nSPS) is 20.7. The summed E-state index contributed by atoms with van der Waals surface area (Å²) >= 11 is 0. The Kier molecular flexibility index (Phi) is 8.67. The first-order chi connectivity index (χ1) is 9.09. The van der Waals surface area contributed by atoms with Crippen LogP contribution in [0.4, 0.5) is 0 Å². The zero-order valence-corrected chi connectivity index (χ0v) is 13.5. The van der Waals surface area contributed by atoms with E-state index in [4.69, 9.17) is 4.74 Å². The van der Waals surface area contributed by atoms with E-state index in [1.807, 2.05) is 0 Å². The number of nitrogens with one attached hydrogen (secondary N) is 1. The van der Waals surface area contributed by atoms with Gasteiger partial charge in [-0.3, -0.25) is 4.90 Å². The Balaban J connectivity index is 2.16. The Morgan fingerprint density at radius 1 is 1.16 bits per heavy atom. The Labute approximate surface area is 120 Å². The van der Waals surface area contributed by atoms with E-state index < -0.39 is 0 Å². The maximum atomic E-state index is 5.75. The lowest BCUT2D eigenvalue weighted by Crippen LogP contribution is -2.46. The third-order valence-corrected chi connectivity index (χ3v) is 3.96.